The van der Waals surface area contributed by atoms with Gasteiger partial charge in [0, 0.05) is 24.1 Å². The molecule has 0 spiro atoms. The fourth-order valence-corrected chi connectivity index (χ4v) is 4.68. The van der Waals surface area contributed by atoms with Gasteiger partial charge in [-0.1, -0.05) is 60.7 Å². The van der Waals surface area contributed by atoms with Crippen molar-refractivity contribution in [2.24, 2.45) is 0 Å². The predicted octanol–water partition coefficient (Wildman–Crippen LogP) is 3.30. The number of carbonyl (C=O) groups is 1. The second-order valence-electron chi connectivity index (χ2n) is 7.79. The van der Waals surface area contributed by atoms with Crippen molar-refractivity contribution >= 4 is 15.9 Å². The lowest BCUT2D eigenvalue weighted by Gasteiger charge is -2.26. The summed E-state index contributed by atoms with van der Waals surface area (Å²) in [6.07, 6.45) is -0.793. The smallest absolute Gasteiger partial charge is 0.251 e. The first-order valence-electron chi connectivity index (χ1n) is 10.5. The molecule has 6 nitrogen and oxygen atoms in total. The highest BCUT2D eigenvalue weighted by Gasteiger charge is 2.23. The second-order valence-corrected chi connectivity index (χ2v) is 9.55. The van der Waals surface area contributed by atoms with Gasteiger partial charge in [-0.05, 0) is 49.2 Å². The average Bonchev–Trinajstić information content (AvgIpc) is 2.79. The van der Waals surface area contributed by atoms with Gasteiger partial charge in [0.2, 0.25) is 10.0 Å². The van der Waals surface area contributed by atoms with Gasteiger partial charge in [0.05, 0.1) is 11.0 Å². The number of aliphatic hydroxyl groups is 1. The molecular weight excluding hydrogens is 424 g/mol. The molecule has 0 aromatic heterocycles. The van der Waals surface area contributed by atoms with E-state index in [1.807, 2.05) is 67.6 Å². The van der Waals surface area contributed by atoms with Gasteiger partial charge in [-0.3, -0.25) is 4.79 Å². The molecule has 0 bridgehead atoms. The molecule has 0 saturated carbocycles. The minimum Gasteiger partial charge on any atom is -0.392 e. The molecule has 0 aliphatic rings. The lowest BCUT2D eigenvalue weighted by Crippen LogP contribution is -2.37. The predicted molar refractivity (Wildman–Crippen MR) is 125 cm³/mol. The zero-order valence-corrected chi connectivity index (χ0v) is 18.9. The van der Waals surface area contributed by atoms with Crippen molar-refractivity contribution in [3.05, 3.63) is 102 Å². The lowest BCUT2D eigenvalue weighted by atomic mass is 9.85. The van der Waals surface area contributed by atoms with Crippen LogP contribution < -0.4 is 10.0 Å². The van der Waals surface area contributed by atoms with Gasteiger partial charge in [-0.15, -0.1) is 0 Å². The molecule has 3 aromatic carbocycles. The monoisotopic (exact) mass is 452 g/mol. The first-order chi connectivity index (χ1) is 15.3. The van der Waals surface area contributed by atoms with E-state index in [1.165, 1.54) is 31.2 Å². The van der Waals surface area contributed by atoms with Crippen molar-refractivity contribution in [1.29, 1.82) is 0 Å². The van der Waals surface area contributed by atoms with Crippen LogP contribution >= 0.6 is 0 Å². The topological polar surface area (TPSA) is 95.5 Å². The highest BCUT2D eigenvalue weighted by atomic mass is 32.2. The lowest BCUT2D eigenvalue weighted by molar-refractivity contribution is 0.0937. The summed E-state index contributed by atoms with van der Waals surface area (Å²) in [4.78, 5) is 12.9. The number of benzene rings is 3. The number of rotatable bonds is 9. The third kappa shape index (κ3) is 6.03. The largest absolute Gasteiger partial charge is 0.392 e. The van der Waals surface area contributed by atoms with E-state index >= 15 is 0 Å². The molecular formula is C25H28N2O4S. The van der Waals surface area contributed by atoms with Crippen LogP contribution in [0.25, 0.3) is 0 Å². The zero-order chi connectivity index (χ0) is 23.1. The maximum absolute atomic E-state index is 12.9. The minimum atomic E-state index is -3.75. The molecule has 7 heteroatoms. The third-order valence-electron chi connectivity index (χ3n) is 5.17. The Morgan fingerprint density at radius 3 is 1.81 bits per heavy atom. The molecule has 0 saturated heterocycles. The van der Waals surface area contributed by atoms with Gasteiger partial charge in [-0.25, -0.2) is 13.1 Å². The van der Waals surface area contributed by atoms with Crippen LogP contribution in [-0.2, 0) is 10.0 Å². The van der Waals surface area contributed by atoms with Gasteiger partial charge < -0.3 is 10.4 Å². The van der Waals surface area contributed by atoms with Crippen molar-refractivity contribution in [2.45, 2.75) is 36.8 Å². The normalized spacial score (nSPS) is 13.5. The Morgan fingerprint density at radius 1 is 0.844 bits per heavy atom. The summed E-state index contributed by atoms with van der Waals surface area (Å²) in [7, 11) is -3.75. The van der Waals surface area contributed by atoms with Crippen molar-refractivity contribution in [3.63, 3.8) is 0 Å². The number of nitrogens with one attached hydrogen (secondary N) is 2. The molecule has 168 valence electrons. The summed E-state index contributed by atoms with van der Waals surface area (Å²) in [6, 6.07) is 25.5. The van der Waals surface area contributed by atoms with E-state index in [9.17, 15) is 18.3 Å². The van der Waals surface area contributed by atoms with E-state index in [0.29, 0.717) is 5.56 Å². The minimum absolute atomic E-state index is 0.0363. The Labute approximate surface area is 189 Å². The molecule has 2 unspecified atom stereocenters. The number of hydrogen-bond donors (Lipinski definition) is 3. The van der Waals surface area contributed by atoms with Crippen LogP contribution in [0.15, 0.2) is 89.8 Å². The fourth-order valence-electron chi connectivity index (χ4n) is 3.56. The van der Waals surface area contributed by atoms with E-state index in [1.54, 1.807) is 0 Å². The quantitative estimate of drug-likeness (QED) is 0.464. The Hall–Kier alpha value is -3.00. The molecule has 0 aliphatic carbocycles. The van der Waals surface area contributed by atoms with Crippen molar-refractivity contribution in [2.75, 3.05) is 6.54 Å². The first kappa shape index (κ1) is 23.7. The summed E-state index contributed by atoms with van der Waals surface area (Å²) >= 11 is 0. The Balaban J connectivity index is 1.76. The van der Waals surface area contributed by atoms with Gasteiger partial charge in [0.25, 0.3) is 5.91 Å². The van der Waals surface area contributed by atoms with Crippen LogP contribution in [0.5, 0.6) is 0 Å². The summed E-state index contributed by atoms with van der Waals surface area (Å²) < 4.78 is 26.9. The molecule has 2 atom stereocenters. The van der Waals surface area contributed by atoms with E-state index in [-0.39, 0.29) is 29.3 Å². The Morgan fingerprint density at radius 2 is 1.34 bits per heavy atom. The molecule has 0 aliphatic heterocycles. The van der Waals surface area contributed by atoms with Crippen molar-refractivity contribution < 1.29 is 18.3 Å². The number of sulfonamides is 1. The maximum atomic E-state index is 12.9. The number of carbonyl (C=O) groups excluding carboxylic acids is 1. The third-order valence-corrected chi connectivity index (χ3v) is 6.61. The molecule has 3 rings (SSSR count). The highest BCUT2D eigenvalue weighted by Crippen LogP contribution is 2.28. The van der Waals surface area contributed by atoms with E-state index in [4.69, 9.17) is 0 Å². The second kappa shape index (κ2) is 10.5. The first-order valence-corrected chi connectivity index (χ1v) is 11.9. The summed E-state index contributed by atoms with van der Waals surface area (Å²) in [5, 5.41) is 12.3. The number of amides is 1. The van der Waals surface area contributed by atoms with Gasteiger partial charge in [0.15, 0.2) is 0 Å². The molecule has 32 heavy (non-hydrogen) atoms. The maximum Gasteiger partial charge on any atom is 0.251 e. The van der Waals surface area contributed by atoms with E-state index in [0.717, 1.165) is 11.1 Å². The molecule has 0 heterocycles. The van der Waals surface area contributed by atoms with E-state index in [2.05, 4.69) is 10.0 Å². The van der Waals surface area contributed by atoms with Crippen molar-refractivity contribution in [1.82, 2.24) is 10.0 Å². The van der Waals surface area contributed by atoms with Gasteiger partial charge >= 0.3 is 0 Å². The van der Waals surface area contributed by atoms with Crippen molar-refractivity contribution in [3.8, 4) is 0 Å². The molecule has 3 N–H and O–H groups in total. The van der Waals surface area contributed by atoms with Crippen LogP contribution in [-0.4, -0.2) is 38.1 Å². The zero-order valence-electron chi connectivity index (χ0n) is 18.1. The number of aliphatic hydroxyl groups excluding tert-OH is 1. The number of hydrogen-bond acceptors (Lipinski definition) is 4. The summed E-state index contributed by atoms with van der Waals surface area (Å²) in [6.45, 7) is 3.37. The van der Waals surface area contributed by atoms with E-state index < -0.39 is 16.1 Å². The van der Waals surface area contributed by atoms with Crippen LogP contribution in [0, 0.1) is 0 Å². The van der Waals surface area contributed by atoms with Crippen LogP contribution in [0.2, 0.25) is 0 Å². The SMILES string of the molecule is CC(O)CNS(=O)(=O)c1ccc(C(=O)NC(C)C(c2ccccc2)c2ccccc2)cc1. The van der Waals surface area contributed by atoms with Crippen LogP contribution in [0.4, 0.5) is 0 Å². The molecule has 0 fully saturated rings. The van der Waals surface area contributed by atoms with Gasteiger partial charge in [0.1, 0.15) is 0 Å². The highest BCUT2D eigenvalue weighted by molar-refractivity contribution is 7.89. The van der Waals surface area contributed by atoms with Crippen LogP contribution in [0.1, 0.15) is 41.3 Å². The molecule has 0 radical (unpaired) electrons. The summed E-state index contributed by atoms with van der Waals surface area (Å²) in [5.74, 6) is -0.319. The Kier molecular flexibility index (Phi) is 7.80. The molecule has 3 aromatic rings. The Bertz CT molecular complexity index is 1080. The van der Waals surface area contributed by atoms with Crippen LogP contribution in [0.3, 0.4) is 0 Å². The fraction of sp³-hybridized carbons (Fsp3) is 0.240. The summed E-state index contributed by atoms with van der Waals surface area (Å²) in [5.41, 5.74) is 2.56. The van der Waals surface area contributed by atoms with Gasteiger partial charge in [-0.2, -0.15) is 0 Å². The standard InChI is InChI=1S/C25H28N2O4S/c1-18(28)17-26-32(30,31)23-15-13-22(14-16-23)25(29)27-19(2)24(20-9-5-3-6-10-20)21-11-7-4-8-12-21/h3-16,18-19,24,26,28H,17H2,1-2H3,(H,27,29). The molecule has 1 amide bonds. The average molecular weight is 453 g/mol.